The normalized spacial score (nSPS) is 22.2. The van der Waals surface area contributed by atoms with Gasteiger partial charge >= 0.3 is 0 Å². The Bertz CT molecular complexity index is 425. The molecule has 0 amide bonds. The molecule has 0 bridgehead atoms. The van der Waals surface area contributed by atoms with Gasteiger partial charge in [0.25, 0.3) is 0 Å². The summed E-state index contributed by atoms with van der Waals surface area (Å²) in [5, 5.41) is 0. The zero-order chi connectivity index (χ0) is 15.1. The Morgan fingerprint density at radius 3 is 2.05 bits per heavy atom. The van der Waals surface area contributed by atoms with Gasteiger partial charge in [0.15, 0.2) is 0 Å². The van der Waals surface area contributed by atoms with Crippen molar-refractivity contribution in [2.75, 3.05) is 0 Å². The lowest BCUT2D eigenvalue weighted by Crippen LogP contribution is -2.04. The first-order chi connectivity index (χ1) is 9.40. The molecule has 1 atom stereocenters. The first-order valence-corrected chi connectivity index (χ1v) is 8.02. The Hall–Kier alpha value is -1.04. The highest BCUT2D eigenvalue weighted by Gasteiger charge is 2.11. The van der Waals surface area contributed by atoms with Gasteiger partial charge in [-0.1, -0.05) is 46.6 Å². The molecule has 2 aliphatic rings. The third-order valence-corrected chi connectivity index (χ3v) is 4.56. The molecule has 0 radical (unpaired) electrons. The van der Waals surface area contributed by atoms with Crippen LogP contribution in [-0.2, 0) is 0 Å². The quantitative estimate of drug-likeness (QED) is 0.462. The monoisotopic (exact) mass is 272 g/mol. The van der Waals surface area contributed by atoms with Crippen LogP contribution < -0.4 is 0 Å². The van der Waals surface area contributed by atoms with Crippen molar-refractivity contribution in [3.63, 3.8) is 0 Å². The molecule has 0 spiro atoms. The third kappa shape index (κ3) is 5.94. The molecule has 0 fully saturated rings. The van der Waals surface area contributed by atoms with Crippen LogP contribution in [0.3, 0.4) is 0 Å². The van der Waals surface area contributed by atoms with Gasteiger partial charge in [0.2, 0.25) is 0 Å². The molecule has 0 heteroatoms. The molecule has 0 N–H and O–H groups in total. The topological polar surface area (TPSA) is 0 Å². The van der Waals surface area contributed by atoms with Gasteiger partial charge in [-0.25, -0.2) is 0 Å². The van der Waals surface area contributed by atoms with E-state index in [0.717, 1.165) is 5.92 Å². The fourth-order valence-corrected chi connectivity index (χ4v) is 2.72. The summed E-state index contributed by atoms with van der Waals surface area (Å²) >= 11 is 0. The average molecular weight is 272 g/mol. The van der Waals surface area contributed by atoms with E-state index < -0.39 is 0 Å². The maximum Gasteiger partial charge on any atom is -0.0134 e. The lowest BCUT2D eigenvalue weighted by molar-refractivity contribution is 0.540. The molecule has 2 aliphatic carbocycles. The molecule has 0 aromatic carbocycles. The Labute approximate surface area is 126 Å². The van der Waals surface area contributed by atoms with Crippen molar-refractivity contribution in [2.45, 2.75) is 73.1 Å². The van der Waals surface area contributed by atoms with Crippen LogP contribution >= 0.6 is 0 Å². The smallest absolute Gasteiger partial charge is 0.0134 e. The lowest BCUT2D eigenvalue weighted by Gasteiger charge is -2.19. The van der Waals surface area contributed by atoms with Crippen molar-refractivity contribution in [3.8, 4) is 0 Å². The van der Waals surface area contributed by atoms with Crippen LogP contribution in [0, 0.1) is 5.92 Å². The van der Waals surface area contributed by atoms with Gasteiger partial charge in [-0.15, -0.1) is 0 Å². The largest absolute Gasteiger partial charge is 0.0998 e. The summed E-state index contributed by atoms with van der Waals surface area (Å²) in [6, 6.07) is 0. The summed E-state index contributed by atoms with van der Waals surface area (Å²) in [6.45, 7) is 15.0. The van der Waals surface area contributed by atoms with E-state index in [-0.39, 0.29) is 0 Å². The summed E-state index contributed by atoms with van der Waals surface area (Å²) in [5.74, 6) is 0.767. The second kappa shape index (κ2) is 8.29. The molecule has 0 aliphatic heterocycles. The van der Waals surface area contributed by atoms with Gasteiger partial charge in [-0.05, 0) is 79.1 Å². The molecule has 0 saturated carbocycles. The number of hydrogen-bond acceptors (Lipinski definition) is 0. The van der Waals surface area contributed by atoms with Crippen LogP contribution in [0.2, 0.25) is 0 Å². The van der Waals surface area contributed by atoms with Gasteiger partial charge in [0, 0.05) is 0 Å². The van der Waals surface area contributed by atoms with E-state index in [4.69, 9.17) is 0 Å². The standard InChI is InChI=1S/2C10H16/c2*1-8(2)10-6-4-9(3)5-7-10/h4H,5-7H2,1-3H3;4,10H,1,5-7H2,2-3H3. The minimum absolute atomic E-state index is 0.767. The number of hydrogen-bond donors (Lipinski definition) is 0. The molecular formula is C20H32. The maximum absolute atomic E-state index is 3.97. The fraction of sp³-hybridized carbons (Fsp3) is 0.600. The van der Waals surface area contributed by atoms with Crippen molar-refractivity contribution in [1.29, 1.82) is 0 Å². The zero-order valence-electron chi connectivity index (χ0n) is 14.2. The lowest BCUT2D eigenvalue weighted by atomic mass is 9.86. The second-order valence-electron chi connectivity index (χ2n) is 6.73. The van der Waals surface area contributed by atoms with E-state index in [9.17, 15) is 0 Å². The molecule has 1 unspecified atom stereocenters. The van der Waals surface area contributed by atoms with Crippen molar-refractivity contribution >= 4 is 0 Å². The maximum atomic E-state index is 3.97. The van der Waals surface area contributed by atoms with Gasteiger partial charge < -0.3 is 0 Å². The molecule has 20 heavy (non-hydrogen) atoms. The molecule has 0 heterocycles. The molecule has 0 aromatic rings. The third-order valence-electron chi connectivity index (χ3n) is 4.56. The van der Waals surface area contributed by atoms with E-state index in [0.29, 0.717) is 0 Å². The van der Waals surface area contributed by atoms with Crippen LogP contribution in [0.1, 0.15) is 73.1 Å². The van der Waals surface area contributed by atoms with Crippen LogP contribution in [0.4, 0.5) is 0 Å². The number of rotatable bonds is 1. The molecule has 0 nitrogen and oxygen atoms in total. The first-order valence-electron chi connectivity index (χ1n) is 8.02. The highest BCUT2D eigenvalue weighted by atomic mass is 14.2. The molecule has 0 aromatic heterocycles. The van der Waals surface area contributed by atoms with Gasteiger partial charge in [0.1, 0.15) is 0 Å². The summed E-state index contributed by atoms with van der Waals surface area (Å²) in [7, 11) is 0. The van der Waals surface area contributed by atoms with Crippen LogP contribution in [0.15, 0.2) is 46.6 Å². The van der Waals surface area contributed by atoms with Crippen LogP contribution in [-0.4, -0.2) is 0 Å². The van der Waals surface area contributed by atoms with Crippen LogP contribution in [0.25, 0.3) is 0 Å². The SMILES string of the molecule is C=C(C)C1CC=C(C)CC1.CC1=CCC(=C(C)C)CC1. The Balaban J connectivity index is 0.000000200. The summed E-state index contributed by atoms with van der Waals surface area (Å²) in [5.41, 5.74) is 7.63. The molecule has 0 saturated heterocycles. The first kappa shape index (κ1) is 17.0. The molecular weight excluding hydrogens is 240 g/mol. The predicted molar refractivity (Wildman–Crippen MR) is 91.9 cm³/mol. The Morgan fingerprint density at radius 1 is 1.00 bits per heavy atom. The fourth-order valence-electron chi connectivity index (χ4n) is 2.72. The Kier molecular flexibility index (Phi) is 7.05. The van der Waals surface area contributed by atoms with Crippen LogP contribution in [0.5, 0.6) is 0 Å². The molecule has 2 rings (SSSR count). The van der Waals surface area contributed by atoms with Gasteiger partial charge in [0.05, 0.1) is 0 Å². The van der Waals surface area contributed by atoms with Crippen molar-refractivity contribution < 1.29 is 0 Å². The van der Waals surface area contributed by atoms with E-state index in [1.165, 1.54) is 49.7 Å². The second-order valence-corrected chi connectivity index (χ2v) is 6.73. The van der Waals surface area contributed by atoms with E-state index in [1.807, 2.05) is 0 Å². The van der Waals surface area contributed by atoms with Gasteiger partial charge in [-0.2, -0.15) is 0 Å². The highest BCUT2D eigenvalue weighted by molar-refractivity contribution is 5.21. The van der Waals surface area contributed by atoms with Crippen molar-refractivity contribution in [3.05, 3.63) is 46.6 Å². The summed E-state index contributed by atoms with van der Waals surface area (Å²) < 4.78 is 0. The van der Waals surface area contributed by atoms with Crippen molar-refractivity contribution in [1.82, 2.24) is 0 Å². The van der Waals surface area contributed by atoms with E-state index in [1.54, 1.807) is 16.7 Å². The predicted octanol–water partition coefficient (Wildman–Crippen LogP) is 6.76. The number of allylic oxidation sites excluding steroid dienone is 7. The van der Waals surface area contributed by atoms with E-state index >= 15 is 0 Å². The summed E-state index contributed by atoms with van der Waals surface area (Å²) in [4.78, 5) is 0. The zero-order valence-corrected chi connectivity index (χ0v) is 14.2. The van der Waals surface area contributed by atoms with Gasteiger partial charge in [-0.3, -0.25) is 0 Å². The highest BCUT2D eigenvalue weighted by Crippen LogP contribution is 2.27. The minimum atomic E-state index is 0.767. The van der Waals surface area contributed by atoms with Crippen molar-refractivity contribution in [2.24, 2.45) is 5.92 Å². The van der Waals surface area contributed by atoms with E-state index in [2.05, 4.69) is 53.3 Å². The Morgan fingerprint density at radius 2 is 1.65 bits per heavy atom. The molecule has 112 valence electrons. The minimum Gasteiger partial charge on any atom is -0.0998 e. The summed E-state index contributed by atoms with van der Waals surface area (Å²) in [6.07, 6.45) is 12.3. The average Bonchev–Trinajstić information content (AvgIpc) is 2.40.